The van der Waals surface area contributed by atoms with Crippen molar-refractivity contribution >= 4 is 31.9 Å². The molecule has 0 radical (unpaired) electrons. The summed E-state index contributed by atoms with van der Waals surface area (Å²) >= 11 is 0. The van der Waals surface area contributed by atoms with E-state index in [1.807, 2.05) is 31.2 Å². The van der Waals surface area contributed by atoms with E-state index in [0.29, 0.717) is 17.3 Å². The smallest absolute Gasteiger partial charge is 0.375 e. The Hall–Kier alpha value is -2.35. The fourth-order valence-electron chi connectivity index (χ4n) is 2.99. The predicted molar refractivity (Wildman–Crippen MR) is 87.6 cm³/mol. The van der Waals surface area contributed by atoms with Gasteiger partial charge in [0.15, 0.2) is 5.75 Å². The first kappa shape index (κ1) is 17.5. The number of halogens is 3. The minimum absolute atomic E-state index is 0.326. The molecule has 0 aliphatic rings. The second-order valence-corrected chi connectivity index (χ2v) is 7.08. The molecule has 0 amide bonds. The van der Waals surface area contributed by atoms with Crippen molar-refractivity contribution in [3.63, 3.8) is 0 Å². The van der Waals surface area contributed by atoms with Crippen LogP contribution in [0.5, 0.6) is 5.75 Å². The first-order chi connectivity index (χ1) is 11.7. The van der Waals surface area contributed by atoms with Crippen LogP contribution in [0.15, 0.2) is 42.5 Å². The number of pyridine rings is 1. The van der Waals surface area contributed by atoms with Gasteiger partial charge in [0.1, 0.15) is 7.05 Å². The van der Waals surface area contributed by atoms with Crippen LogP contribution in [0.1, 0.15) is 12.5 Å². The average molecular weight is 370 g/mol. The number of benzene rings is 2. The van der Waals surface area contributed by atoms with Crippen LogP contribution < -0.4 is 8.75 Å². The van der Waals surface area contributed by atoms with Crippen molar-refractivity contribution in [3.8, 4) is 5.75 Å². The molecule has 132 valence electrons. The number of rotatable bonds is 3. The molecule has 0 saturated heterocycles. The maximum atomic E-state index is 12.7. The third-order valence-corrected chi connectivity index (χ3v) is 5.06. The fourth-order valence-corrected chi connectivity index (χ4v) is 3.46. The zero-order valence-electron chi connectivity index (χ0n) is 13.5. The number of nitrogens with zero attached hydrogens (tertiary/aromatic N) is 1. The lowest BCUT2D eigenvalue weighted by molar-refractivity contribution is -0.617. The molecule has 1 aromatic heterocycles. The highest BCUT2D eigenvalue weighted by molar-refractivity contribution is 7.88. The Morgan fingerprint density at radius 3 is 2.32 bits per heavy atom. The first-order valence-corrected chi connectivity index (χ1v) is 8.91. The molecule has 0 N–H and O–H groups in total. The predicted octanol–water partition coefficient (Wildman–Crippen LogP) is 3.61. The first-order valence-electron chi connectivity index (χ1n) is 7.50. The number of aromatic nitrogens is 1. The summed E-state index contributed by atoms with van der Waals surface area (Å²) in [7, 11) is -3.97. The summed E-state index contributed by atoms with van der Waals surface area (Å²) in [5.41, 5.74) is -3.27. The molecule has 0 aliphatic heterocycles. The average Bonchev–Trinajstić information content (AvgIpc) is 2.55. The number of fused-ring (bicyclic) bond motifs is 2. The molecule has 0 saturated carbocycles. The highest BCUT2D eigenvalue weighted by Crippen LogP contribution is 2.35. The molecule has 0 spiro atoms. The van der Waals surface area contributed by atoms with Gasteiger partial charge in [0.25, 0.3) is 0 Å². The van der Waals surface area contributed by atoms with Crippen molar-refractivity contribution < 1.29 is 30.3 Å². The summed E-state index contributed by atoms with van der Waals surface area (Å²) in [4.78, 5) is 0. The molecule has 8 heteroatoms. The molecule has 0 fully saturated rings. The van der Waals surface area contributed by atoms with Crippen molar-refractivity contribution in [2.24, 2.45) is 7.05 Å². The lowest BCUT2D eigenvalue weighted by atomic mass is 9.99. The second-order valence-electron chi connectivity index (χ2n) is 5.54. The van der Waals surface area contributed by atoms with Gasteiger partial charge >= 0.3 is 15.6 Å². The van der Waals surface area contributed by atoms with Gasteiger partial charge in [0.2, 0.25) is 11.0 Å². The Labute approximate surface area is 142 Å². The van der Waals surface area contributed by atoms with Crippen molar-refractivity contribution in [2.45, 2.75) is 18.9 Å². The van der Waals surface area contributed by atoms with Crippen LogP contribution in [0.2, 0.25) is 0 Å². The summed E-state index contributed by atoms with van der Waals surface area (Å²) < 4.78 is 67.3. The van der Waals surface area contributed by atoms with Crippen LogP contribution in [-0.4, -0.2) is 13.9 Å². The summed E-state index contributed by atoms with van der Waals surface area (Å²) in [6.45, 7) is 1.86. The Bertz CT molecular complexity index is 1080. The number of aryl methyl sites for hydroxylation is 2. The highest BCUT2D eigenvalue weighted by Gasteiger charge is 2.49. The second kappa shape index (κ2) is 5.87. The van der Waals surface area contributed by atoms with Crippen LogP contribution in [-0.2, 0) is 23.6 Å². The van der Waals surface area contributed by atoms with Crippen LogP contribution in [0.3, 0.4) is 0 Å². The number of hydrogen-bond acceptors (Lipinski definition) is 3. The molecule has 2 aromatic carbocycles. The van der Waals surface area contributed by atoms with Crippen LogP contribution >= 0.6 is 0 Å². The van der Waals surface area contributed by atoms with Gasteiger partial charge in [-0.3, -0.25) is 0 Å². The summed E-state index contributed by atoms with van der Waals surface area (Å²) in [6.07, 6.45) is 0.504. The third kappa shape index (κ3) is 2.80. The molecule has 0 aliphatic carbocycles. The third-order valence-electron chi connectivity index (χ3n) is 4.09. The number of hydrogen-bond donors (Lipinski definition) is 0. The van der Waals surface area contributed by atoms with Gasteiger partial charge in [-0.1, -0.05) is 25.1 Å². The molecule has 1 heterocycles. The quantitative estimate of drug-likeness (QED) is 0.306. The Morgan fingerprint density at radius 2 is 1.68 bits per heavy atom. The van der Waals surface area contributed by atoms with Gasteiger partial charge in [0, 0.05) is 12.1 Å². The summed E-state index contributed by atoms with van der Waals surface area (Å²) in [5, 5.41) is 1.19. The molecule has 0 atom stereocenters. The maximum Gasteiger partial charge on any atom is 0.534 e. The number of para-hydroxylation sites is 1. The maximum absolute atomic E-state index is 12.7. The Morgan fingerprint density at radius 1 is 1.04 bits per heavy atom. The normalized spacial score (nSPS) is 12.7. The van der Waals surface area contributed by atoms with Crippen molar-refractivity contribution in [1.29, 1.82) is 0 Å². The van der Waals surface area contributed by atoms with Gasteiger partial charge < -0.3 is 4.18 Å². The molecule has 3 aromatic rings. The summed E-state index contributed by atoms with van der Waals surface area (Å²) in [5.74, 6) is -0.326. The molecule has 3 rings (SSSR count). The molecular weight excluding hydrogens is 355 g/mol. The van der Waals surface area contributed by atoms with Gasteiger partial charge in [-0.25, -0.2) is 0 Å². The van der Waals surface area contributed by atoms with Crippen molar-refractivity contribution in [2.75, 3.05) is 0 Å². The van der Waals surface area contributed by atoms with E-state index in [2.05, 4.69) is 4.18 Å². The monoisotopic (exact) mass is 370 g/mol. The molecule has 0 unspecified atom stereocenters. The zero-order chi connectivity index (χ0) is 18.4. The van der Waals surface area contributed by atoms with Crippen molar-refractivity contribution in [1.82, 2.24) is 0 Å². The number of alkyl halides is 3. The van der Waals surface area contributed by atoms with E-state index in [1.54, 1.807) is 17.7 Å². The van der Waals surface area contributed by atoms with E-state index in [-0.39, 0.29) is 5.75 Å². The van der Waals surface area contributed by atoms with Crippen molar-refractivity contribution in [3.05, 3.63) is 48.0 Å². The minimum atomic E-state index is -5.74. The van der Waals surface area contributed by atoms with E-state index in [9.17, 15) is 21.6 Å². The van der Waals surface area contributed by atoms with E-state index in [0.717, 1.165) is 16.5 Å². The summed E-state index contributed by atoms with van der Waals surface area (Å²) in [6, 6.07) is 11.9. The fraction of sp³-hybridized carbons (Fsp3) is 0.235. The zero-order valence-corrected chi connectivity index (χ0v) is 14.3. The van der Waals surface area contributed by atoms with Crippen LogP contribution in [0, 0.1) is 0 Å². The topological polar surface area (TPSA) is 47.2 Å². The van der Waals surface area contributed by atoms with E-state index in [1.165, 1.54) is 12.1 Å². The molecule has 0 bridgehead atoms. The Balaban J connectivity index is 2.39. The molecule has 25 heavy (non-hydrogen) atoms. The van der Waals surface area contributed by atoms with Gasteiger partial charge in [-0.05, 0) is 24.1 Å². The molecule has 4 nitrogen and oxygen atoms in total. The van der Waals surface area contributed by atoms with E-state index >= 15 is 0 Å². The van der Waals surface area contributed by atoms with Gasteiger partial charge in [-0.2, -0.15) is 26.2 Å². The standard InChI is InChI=1S/C17H15F3NO3S/c1-3-11-12-7-4-5-8-13(12)21(2)14-9-6-10-15(16(11)14)24-25(22,23)17(18,19)20/h4-10H,3H2,1-2H3/q+1. The molecular formula is C17H15F3NO3S+. The van der Waals surface area contributed by atoms with E-state index in [4.69, 9.17) is 0 Å². The SMILES string of the molecule is CCc1c2ccccc2[n+](C)c2cccc(OS(=O)(=O)C(F)(F)F)c12. The lowest BCUT2D eigenvalue weighted by Gasteiger charge is -2.14. The van der Waals surface area contributed by atoms with E-state index < -0.39 is 15.6 Å². The lowest BCUT2D eigenvalue weighted by Crippen LogP contribution is -2.31. The minimum Gasteiger partial charge on any atom is -0.375 e. The highest BCUT2D eigenvalue weighted by atomic mass is 32.2. The van der Waals surface area contributed by atoms with Crippen LogP contribution in [0.4, 0.5) is 13.2 Å². The van der Waals surface area contributed by atoms with Gasteiger partial charge in [-0.15, -0.1) is 0 Å². The largest absolute Gasteiger partial charge is 0.534 e. The van der Waals surface area contributed by atoms with Gasteiger partial charge in [0.05, 0.1) is 10.8 Å². The van der Waals surface area contributed by atoms with Crippen LogP contribution in [0.25, 0.3) is 21.8 Å². The Kier molecular flexibility index (Phi) is 4.10.